The second-order valence-corrected chi connectivity index (χ2v) is 5.02. The molecule has 3 N–H and O–H groups in total. The van der Waals surface area contributed by atoms with E-state index in [1.54, 1.807) is 23.8 Å². The fourth-order valence-corrected chi connectivity index (χ4v) is 2.54. The van der Waals surface area contributed by atoms with Gasteiger partial charge in [0.25, 0.3) is 0 Å². The maximum Gasteiger partial charge on any atom is 0.228 e. The monoisotopic (exact) mass is 275 g/mol. The van der Waals surface area contributed by atoms with Crippen molar-refractivity contribution in [2.24, 2.45) is 0 Å². The number of nitrogen functional groups attached to an aromatic ring is 1. The number of hydrogen-bond acceptors (Lipinski definition) is 7. The Kier molecular flexibility index (Phi) is 3.04. The third-order valence-electron chi connectivity index (χ3n) is 2.77. The smallest absolute Gasteiger partial charge is 0.228 e. The number of nitrogens with one attached hydrogen (secondary N) is 1. The average molecular weight is 275 g/mol. The Bertz CT molecular complexity index is 705. The first-order valence-corrected chi connectivity index (χ1v) is 6.77. The molecule has 2 heterocycles. The van der Waals surface area contributed by atoms with E-state index in [-0.39, 0.29) is 0 Å². The Morgan fingerprint density at radius 1 is 1.42 bits per heavy atom. The van der Waals surface area contributed by atoms with Crippen molar-refractivity contribution in [2.75, 3.05) is 17.6 Å². The zero-order chi connectivity index (χ0) is 13.2. The molecule has 0 atom stereocenters. The first-order chi connectivity index (χ1) is 9.24. The molecule has 19 heavy (non-hydrogen) atoms. The van der Waals surface area contributed by atoms with Gasteiger partial charge < -0.3 is 15.6 Å². The zero-order valence-corrected chi connectivity index (χ0v) is 11.2. The summed E-state index contributed by atoms with van der Waals surface area (Å²) < 4.78 is 6.14. The van der Waals surface area contributed by atoms with Crippen molar-refractivity contribution in [1.29, 1.82) is 0 Å². The van der Waals surface area contributed by atoms with E-state index in [4.69, 9.17) is 10.3 Å². The van der Waals surface area contributed by atoms with Crippen LogP contribution in [0.4, 0.5) is 11.4 Å². The number of fused-ring (bicyclic) bond motifs is 1. The van der Waals surface area contributed by atoms with Gasteiger partial charge in [0, 0.05) is 13.0 Å². The predicted molar refractivity (Wildman–Crippen MR) is 75.3 cm³/mol. The third kappa shape index (κ3) is 2.37. The van der Waals surface area contributed by atoms with Crippen LogP contribution in [0.15, 0.2) is 22.2 Å². The van der Waals surface area contributed by atoms with Crippen molar-refractivity contribution in [3.8, 4) is 0 Å². The van der Waals surface area contributed by atoms with Crippen LogP contribution in [0.2, 0.25) is 0 Å². The molecule has 1 aromatic carbocycles. The molecule has 0 saturated carbocycles. The molecular formula is C12H13N5OS. The molecule has 0 saturated heterocycles. The number of nitrogens with two attached hydrogens (primary N) is 1. The number of thiazole rings is 1. The highest BCUT2D eigenvalue weighted by Gasteiger charge is 2.07. The summed E-state index contributed by atoms with van der Waals surface area (Å²) in [5, 5.41) is 7.01. The normalized spacial score (nSPS) is 11.0. The molecule has 3 rings (SSSR count). The standard InChI is InChI=1S/C12H13N5OS/c1-7-16-10(18-17-7)4-5-14-8-2-3-9-12(11(8)13)15-6-19-9/h2-3,6,14H,4-5,13H2,1H3. The number of aromatic nitrogens is 3. The highest BCUT2D eigenvalue weighted by molar-refractivity contribution is 7.16. The van der Waals surface area contributed by atoms with E-state index >= 15 is 0 Å². The van der Waals surface area contributed by atoms with Crippen LogP contribution in [0.25, 0.3) is 10.2 Å². The van der Waals surface area contributed by atoms with E-state index in [0.29, 0.717) is 30.4 Å². The molecular weight excluding hydrogens is 262 g/mol. The summed E-state index contributed by atoms with van der Waals surface area (Å²) >= 11 is 1.58. The van der Waals surface area contributed by atoms with E-state index in [0.717, 1.165) is 15.9 Å². The van der Waals surface area contributed by atoms with Crippen molar-refractivity contribution < 1.29 is 4.52 Å². The van der Waals surface area contributed by atoms with Gasteiger partial charge in [-0.1, -0.05) is 5.16 Å². The molecule has 0 aliphatic rings. The van der Waals surface area contributed by atoms with Crippen molar-refractivity contribution in [1.82, 2.24) is 15.1 Å². The molecule has 0 aliphatic carbocycles. The molecule has 0 amide bonds. The van der Waals surface area contributed by atoms with E-state index in [2.05, 4.69) is 20.4 Å². The Morgan fingerprint density at radius 2 is 2.32 bits per heavy atom. The molecule has 0 unspecified atom stereocenters. The fourth-order valence-electron chi connectivity index (χ4n) is 1.85. The minimum Gasteiger partial charge on any atom is -0.395 e. The molecule has 6 nitrogen and oxygen atoms in total. The average Bonchev–Trinajstić information content (AvgIpc) is 3.01. The van der Waals surface area contributed by atoms with E-state index in [9.17, 15) is 0 Å². The molecule has 7 heteroatoms. The molecule has 0 aliphatic heterocycles. The Balaban J connectivity index is 1.69. The first kappa shape index (κ1) is 11.9. The van der Waals surface area contributed by atoms with E-state index in [1.807, 2.05) is 12.1 Å². The van der Waals surface area contributed by atoms with Gasteiger partial charge in [-0.05, 0) is 19.1 Å². The highest BCUT2D eigenvalue weighted by atomic mass is 32.1. The molecule has 0 bridgehead atoms. The van der Waals surface area contributed by atoms with Crippen molar-refractivity contribution in [2.45, 2.75) is 13.3 Å². The molecule has 0 radical (unpaired) electrons. The van der Waals surface area contributed by atoms with Crippen LogP contribution in [0.1, 0.15) is 11.7 Å². The summed E-state index contributed by atoms with van der Waals surface area (Å²) in [5.74, 6) is 1.27. The number of rotatable bonds is 4. The Labute approximate surface area is 113 Å². The van der Waals surface area contributed by atoms with Gasteiger partial charge in [-0.2, -0.15) is 4.98 Å². The van der Waals surface area contributed by atoms with Crippen LogP contribution in [0, 0.1) is 6.92 Å². The molecule has 0 spiro atoms. The minimum absolute atomic E-state index is 0.623. The van der Waals surface area contributed by atoms with Crippen LogP contribution in [0.3, 0.4) is 0 Å². The van der Waals surface area contributed by atoms with Crippen LogP contribution in [0.5, 0.6) is 0 Å². The van der Waals surface area contributed by atoms with Gasteiger partial charge >= 0.3 is 0 Å². The van der Waals surface area contributed by atoms with Gasteiger partial charge in [-0.3, -0.25) is 0 Å². The van der Waals surface area contributed by atoms with Crippen molar-refractivity contribution in [3.05, 3.63) is 29.4 Å². The van der Waals surface area contributed by atoms with E-state index in [1.165, 1.54) is 0 Å². The lowest BCUT2D eigenvalue weighted by atomic mass is 10.2. The lowest BCUT2D eigenvalue weighted by molar-refractivity contribution is 0.377. The Hall–Kier alpha value is -2.15. The van der Waals surface area contributed by atoms with Crippen molar-refractivity contribution in [3.63, 3.8) is 0 Å². The van der Waals surface area contributed by atoms with Gasteiger partial charge in [-0.15, -0.1) is 11.3 Å². The van der Waals surface area contributed by atoms with Gasteiger partial charge in [0.1, 0.15) is 5.52 Å². The van der Waals surface area contributed by atoms with E-state index < -0.39 is 0 Å². The van der Waals surface area contributed by atoms with Crippen LogP contribution in [-0.2, 0) is 6.42 Å². The summed E-state index contributed by atoms with van der Waals surface area (Å²) in [6.07, 6.45) is 0.662. The SMILES string of the molecule is Cc1noc(CCNc2ccc3scnc3c2N)n1. The second kappa shape index (κ2) is 4.85. The highest BCUT2D eigenvalue weighted by Crippen LogP contribution is 2.29. The van der Waals surface area contributed by atoms with Crippen LogP contribution in [-0.4, -0.2) is 21.7 Å². The number of hydrogen-bond donors (Lipinski definition) is 2. The third-order valence-corrected chi connectivity index (χ3v) is 3.56. The number of nitrogens with zero attached hydrogens (tertiary/aromatic N) is 3. The first-order valence-electron chi connectivity index (χ1n) is 5.89. The number of anilines is 2. The largest absolute Gasteiger partial charge is 0.395 e. The molecule has 2 aromatic heterocycles. The van der Waals surface area contributed by atoms with Crippen molar-refractivity contribution >= 4 is 32.9 Å². The quantitative estimate of drug-likeness (QED) is 0.710. The zero-order valence-electron chi connectivity index (χ0n) is 10.4. The molecule has 0 fully saturated rings. The van der Waals surface area contributed by atoms with Gasteiger partial charge in [0.2, 0.25) is 5.89 Å². The second-order valence-electron chi connectivity index (χ2n) is 4.14. The topological polar surface area (TPSA) is 89.9 Å². The van der Waals surface area contributed by atoms with Gasteiger partial charge in [0.15, 0.2) is 5.82 Å². The van der Waals surface area contributed by atoms with Crippen LogP contribution >= 0.6 is 11.3 Å². The summed E-state index contributed by atoms with van der Waals surface area (Å²) in [4.78, 5) is 8.41. The number of benzene rings is 1. The summed E-state index contributed by atoms with van der Waals surface area (Å²) in [6.45, 7) is 2.48. The summed E-state index contributed by atoms with van der Waals surface area (Å²) in [5.41, 5.74) is 10.3. The predicted octanol–water partition coefficient (Wildman–Crippen LogP) is 2.22. The maximum absolute atomic E-state index is 6.08. The summed E-state index contributed by atoms with van der Waals surface area (Å²) in [6, 6.07) is 3.98. The minimum atomic E-state index is 0.623. The summed E-state index contributed by atoms with van der Waals surface area (Å²) in [7, 11) is 0. The maximum atomic E-state index is 6.08. The molecule has 98 valence electrons. The Morgan fingerprint density at radius 3 is 3.11 bits per heavy atom. The van der Waals surface area contributed by atoms with Gasteiger partial charge in [-0.25, -0.2) is 4.98 Å². The molecule has 3 aromatic rings. The van der Waals surface area contributed by atoms with Gasteiger partial charge in [0.05, 0.1) is 21.6 Å². The van der Waals surface area contributed by atoms with Crippen LogP contribution < -0.4 is 11.1 Å². The fraction of sp³-hybridized carbons (Fsp3) is 0.250. The lowest BCUT2D eigenvalue weighted by Crippen LogP contribution is -2.07. The lowest BCUT2D eigenvalue weighted by Gasteiger charge is -2.08. The number of aryl methyl sites for hydroxylation is 1.